The summed E-state index contributed by atoms with van der Waals surface area (Å²) in [6.45, 7) is 1.41. The molecule has 7 heteroatoms. The minimum Gasteiger partial charge on any atom is -0.395 e. The van der Waals surface area contributed by atoms with Gasteiger partial charge in [-0.2, -0.15) is 0 Å². The maximum atomic E-state index is 8.99. The van der Waals surface area contributed by atoms with E-state index in [4.69, 9.17) is 5.11 Å². The summed E-state index contributed by atoms with van der Waals surface area (Å²) >= 11 is 1.69. The first-order valence-electron chi connectivity index (χ1n) is 9.80. The second-order valence-electron chi connectivity index (χ2n) is 7.01. The molecule has 0 bridgehead atoms. The zero-order chi connectivity index (χ0) is 20.3. The lowest BCUT2D eigenvalue weighted by Crippen LogP contribution is -2.17. The van der Waals surface area contributed by atoms with Crippen LogP contribution in [-0.4, -0.2) is 33.2 Å². The maximum Gasteiger partial charge on any atom is 0.151 e. The van der Waals surface area contributed by atoms with Gasteiger partial charge in [0.2, 0.25) is 0 Å². The Labute approximate surface area is 177 Å². The Morgan fingerprint density at radius 1 is 1.03 bits per heavy atom. The second kappa shape index (κ2) is 8.23. The van der Waals surface area contributed by atoms with Crippen molar-refractivity contribution in [3.63, 3.8) is 0 Å². The van der Waals surface area contributed by atoms with Gasteiger partial charge in [0, 0.05) is 40.8 Å². The van der Waals surface area contributed by atoms with Gasteiger partial charge in [-0.3, -0.25) is 0 Å². The van der Waals surface area contributed by atoms with Gasteiger partial charge in [-0.1, -0.05) is 30.3 Å². The van der Waals surface area contributed by atoms with Crippen LogP contribution in [0.3, 0.4) is 0 Å². The van der Waals surface area contributed by atoms with Crippen molar-refractivity contribution in [3.8, 4) is 10.4 Å². The molecule has 0 radical (unpaired) electrons. The van der Waals surface area contributed by atoms with E-state index in [-0.39, 0.29) is 6.61 Å². The Hall–Kier alpha value is -3.26. The van der Waals surface area contributed by atoms with Crippen molar-refractivity contribution in [1.29, 1.82) is 0 Å². The molecule has 0 amide bonds. The SMILES string of the molecule is OCCNCc1c[nH]c2ccc(Nc3ncnc4cc(-c5ccccc5)sc34)cc12. The zero-order valence-corrected chi connectivity index (χ0v) is 17.0. The third kappa shape index (κ3) is 3.66. The molecule has 3 aromatic heterocycles. The standard InChI is InChI=1S/C23H21N5OS/c29-9-8-24-12-16-13-25-19-7-6-17(10-18(16)19)28-23-22-20(26-14-27-23)11-21(30-22)15-4-2-1-3-5-15/h1-7,10-11,13-14,24-25,29H,8-9,12H2,(H,26,27,28). The lowest BCUT2D eigenvalue weighted by molar-refractivity contribution is 0.292. The van der Waals surface area contributed by atoms with Gasteiger partial charge in [-0.25, -0.2) is 9.97 Å². The fraction of sp³-hybridized carbons (Fsp3) is 0.130. The number of anilines is 2. The summed E-state index contributed by atoms with van der Waals surface area (Å²) in [6.07, 6.45) is 3.61. The summed E-state index contributed by atoms with van der Waals surface area (Å²) in [5, 5.41) is 16.8. The van der Waals surface area contributed by atoms with Gasteiger partial charge in [-0.05, 0) is 35.4 Å². The van der Waals surface area contributed by atoms with Crippen molar-refractivity contribution in [1.82, 2.24) is 20.3 Å². The fourth-order valence-electron chi connectivity index (χ4n) is 3.53. The minimum atomic E-state index is 0.130. The van der Waals surface area contributed by atoms with Gasteiger partial charge in [0.15, 0.2) is 5.82 Å². The van der Waals surface area contributed by atoms with Crippen LogP contribution in [0.5, 0.6) is 0 Å². The molecule has 0 atom stereocenters. The Morgan fingerprint density at radius 2 is 1.93 bits per heavy atom. The summed E-state index contributed by atoms with van der Waals surface area (Å²) in [4.78, 5) is 13.4. The number of hydrogen-bond donors (Lipinski definition) is 4. The van der Waals surface area contributed by atoms with Crippen LogP contribution < -0.4 is 10.6 Å². The van der Waals surface area contributed by atoms with E-state index in [1.165, 1.54) is 10.4 Å². The van der Waals surface area contributed by atoms with Gasteiger partial charge in [0.05, 0.1) is 16.8 Å². The molecule has 2 aromatic carbocycles. The lowest BCUT2D eigenvalue weighted by Gasteiger charge is -2.07. The smallest absolute Gasteiger partial charge is 0.151 e. The highest BCUT2D eigenvalue weighted by Crippen LogP contribution is 2.36. The summed E-state index contributed by atoms with van der Waals surface area (Å²) in [6, 6.07) is 18.7. The number of aliphatic hydroxyl groups excluding tert-OH is 1. The molecule has 150 valence electrons. The highest BCUT2D eigenvalue weighted by atomic mass is 32.1. The molecule has 0 spiro atoms. The largest absolute Gasteiger partial charge is 0.395 e. The number of aliphatic hydroxyl groups is 1. The second-order valence-corrected chi connectivity index (χ2v) is 8.07. The summed E-state index contributed by atoms with van der Waals surface area (Å²) in [5.41, 5.74) is 5.34. The van der Waals surface area contributed by atoms with Crippen LogP contribution in [0.4, 0.5) is 11.5 Å². The number of hydrogen-bond acceptors (Lipinski definition) is 6. The third-order valence-corrected chi connectivity index (χ3v) is 6.18. The minimum absolute atomic E-state index is 0.130. The summed E-state index contributed by atoms with van der Waals surface area (Å²) in [5.74, 6) is 0.807. The molecule has 3 heterocycles. The van der Waals surface area contributed by atoms with Gasteiger partial charge >= 0.3 is 0 Å². The molecule has 0 saturated carbocycles. The molecule has 0 saturated heterocycles. The van der Waals surface area contributed by atoms with E-state index >= 15 is 0 Å². The van der Waals surface area contributed by atoms with Gasteiger partial charge < -0.3 is 20.7 Å². The molecule has 5 aromatic rings. The number of thiophene rings is 1. The monoisotopic (exact) mass is 415 g/mol. The Morgan fingerprint density at radius 3 is 2.80 bits per heavy atom. The third-order valence-electron chi connectivity index (χ3n) is 5.00. The molecule has 0 aliphatic rings. The molecular formula is C23H21N5OS. The summed E-state index contributed by atoms with van der Waals surface area (Å²) in [7, 11) is 0. The molecule has 4 N–H and O–H groups in total. The predicted octanol–water partition coefficient (Wildman–Crippen LogP) is 4.67. The van der Waals surface area contributed by atoms with E-state index in [0.717, 1.165) is 38.2 Å². The molecule has 0 fully saturated rings. The van der Waals surface area contributed by atoms with Crippen LogP contribution in [0, 0.1) is 0 Å². The average Bonchev–Trinajstić information content (AvgIpc) is 3.40. The van der Waals surface area contributed by atoms with Crippen LogP contribution in [0.2, 0.25) is 0 Å². The molecular weight excluding hydrogens is 394 g/mol. The number of aromatic amines is 1. The Balaban J connectivity index is 1.47. The number of benzene rings is 2. The number of H-pyrrole nitrogens is 1. The number of rotatable bonds is 7. The highest BCUT2D eigenvalue weighted by Gasteiger charge is 2.11. The van der Waals surface area contributed by atoms with E-state index in [1.807, 2.05) is 30.5 Å². The maximum absolute atomic E-state index is 8.99. The zero-order valence-electron chi connectivity index (χ0n) is 16.2. The Kier molecular flexibility index (Phi) is 5.15. The topological polar surface area (TPSA) is 85.9 Å². The van der Waals surface area contributed by atoms with Gasteiger partial charge in [-0.15, -0.1) is 11.3 Å². The first kappa shape index (κ1) is 18.7. The molecule has 0 aliphatic heterocycles. The van der Waals surface area contributed by atoms with Crippen molar-refractivity contribution < 1.29 is 5.11 Å². The quantitative estimate of drug-likeness (QED) is 0.290. The summed E-state index contributed by atoms with van der Waals surface area (Å²) < 4.78 is 1.04. The average molecular weight is 416 g/mol. The van der Waals surface area contributed by atoms with Crippen molar-refractivity contribution in [2.24, 2.45) is 0 Å². The Bertz CT molecular complexity index is 1300. The molecule has 6 nitrogen and oxygen atoms in total. The first-order valence-corrected chi connectivity index (χ1v) is 10.6. The van der Waals surface area contributed by atoms with Crippen molar-refractivity contribution in [2.45, 2.75) is 6.54 Å². The normalized spacial score (nSPS) is 11.4. The van der Waals surface area contributed by atoms with Gasteiger partial charge in [0.1, 0.15) is 6.33 Å². The van der Waals surface area contributed by atoms with Crippen LogP contribution in [-0.2, 0) is 6.54 Å². The molecule has 0 aliphatic carbocycles. The number of nitrogens with one attached hydrogen (secondary N) is 3. The fourth-order valence-corrected chi connectivity index (χ4v) is 4.59. The van der Waals surface area contributed by atoms with Crippen LogP contribution in [0.15, 0.2) is 67.1 Å². The lowest BCUT2D eigenvalue weighted by atomic mass is 10.1. The van der Waals surface area contributed by atoms with Gasteiger partial charge in [0.25, 0.3) is 0 Å². The van der Waals surface area contributed by atoms with Crippen LogP contribution >= 0.6 is 11.3 Å². The van der Waals surface area contributed by atoms with E-state index in [2.05, 4.69) is 55.9 Å². The van der Waals surface area contributed by atoms with Crippen LogP contribution in [0.25, 0.3) is 31.6 Å². The molecule has 5 rings (SSSR count). The van der Waals surface area contributed by atoms with Crippen molar-refractivity contribution in [3.05, 3.63) is 72.7 Å². The first-order chi connectivity index (χ1) is 14.8. The van der Waals surface area contributed by atoms with Crippen LogP contribution in [0.1, 0.15) is 5.56 Å². The van der Waals surface area contributed by atoms with E-state index in [9.17, 15) is 0 Å². The van der Waals surface area contributed by atoms with Crippen molar-refractivity contribution in [2.75, 3.05) is 18.5 Å². The van der Waals surface area contributed by atoms with E-state index < -0.39 is 0 Å². The number of nitrogens with zero attached hydrogens (tertiary/aromatic N) is 2. The molecule has 0 unspecified atom stereocenters. The van der Waals surface area contributed by atoms with E-state index in [0.29, 0.717) is 13.1 Å². The number of aromatic nitrogens is 3. The highest BCUT2D eigenvalue weighted by molar-refractivity contribution is 7.22. The van der Waals surface area contributed by atoms with E-state index in [1.54, 1.807) is 17.7 Å². The molecule has 30 heavy (non-hydrogen) atoms. The predicted molar refractivity (Wildman–Crippen MR) is 123 cm³/mol. The van der Waals surface area contributed by atoms with Crippen molar-refractivity contribution >= 4 is 44.0 Å². The number of fused-ring (bicyclic) bond motifs is 2.